The molecule has 0 atom stereocenters. The monoisotopic (exact) mass is 256 g/mol. The number of carbonyl (C=O) groups is 1. The molecule has 0 aromatic carbocycles. The van der Waals surface area contributed by atoms with E-state index >= 15 is 0 Å². The molecule has 86 valence electrons. The third-order valence-corrected chi connectivity index (χ3v) is 3.94. The van der Waals surface area contributed by atoms with E-state index in [4.69, 9.17) is 16.9 Å². The molecule has 0 saturated carbocycles. The minimum atomic E-state index is -0.787. The van der Waals surface area contributed by atoms with Crippen LogP contribution >= 0.6 is 22.9 Å². The number of hydrogen-bond donors (Lipinski definition) is 1. The third kappa shape index (κ3) is 2.55. The summed E-state index contributed by atoms with van der Waals surface area (Å²) in [5.74, 6) is -0.273. The van der Waals surface area contributed by atoms with Crippen LogP contribution in [-0.2, 0) is 0 Å². The Morgan fingerprint density at radius 1 is 1.62 bits per heavy atom. The number of halogens is 1. The molecule has 1 aromatic heterocycles. The fraction of sp³-hybridized carbons (Fsp3) is 0.455. The van der Waals surface area contributed by atoms with E-state index in [-0.39, 0.29) is 5.91 Å². The average molecular weight is 257 g/mol. The van der Waals surface area contributed by atoms with Crippen molar-refractivity contribution in [2.24, 2.45) is 0 Å². The van der Waals surface area contributed by atoms with Crippen LogP contribution in [0.25, 0.3) is 0 Å². The molecule has 0 radical (unpaired) electrons. The summed E-state index contributed by atoms with van der Waals surface area (Å²) < 4.78 is 0. The molecule has 0 spiro atoms. The Hall–Kier alpha value is -1.05. The van der Waals surface area contributed by atoms with Gasteiger partial charge in [0.2, 0.25) is 0 Å². The molecule has 3 nitrogen and oxygen atoms in total. The molecule has 1 amide bonds. The van der Waals surface area contributed by atoms with Crippen LogP contribution in [0.15, 0.2) is 11.4 Å². The number of amides is 1. The molecule has 0 aliphatic heterocycles. The van der Waals surface area contributed by atoms with E-state index in [1.807, 2.05) is 13.8 Å². The van der Waals surface area contributed by atoms with Crippen LogP contribution in [0.3, 0.4) is 0 Å². The Kier molecular flexibility index (Phi) is 4.34. The highest BCUT2D eigenvalue weighted by Gasteiger charge is 2.29. The minimum Gasteiger partial charge on any atom is -0.333 e. The Bertz CT molecular complexity index is 418. The summed E-state index contributed by atoms with van der Waals surface area (Å²) in [6.07, 6.45) is 1.16. The van der Waals surface area contributed by atoms with Gasteiger partial charge >= 0.3 is 0 Å². The Labute approximate surface area is 104 Å². The van der Waals surface area contributed by atoms with Gasteiger partial charge in [0.1, 0.15) is 10.4 Å². The van der Waals surface area contributed by atoms with Gasteiger partial charge in [-0.3, -0.25) is 4.79 Å². The zero-order chi connectivity index (χ0) is 12.2. The summed E-state index contributed by atoms with van der Waals surface area (Å²) in [5.41, 5.74) is -0.787. The van der Waals surface area contributed by atoms with Gasteiger partial charge in [-0.25, -0.2) is 0 Å². The lowest BCUT2D eigenvalue weighted by molar-refractivity contribution is 0.0920. The van der Waals surface area contributed by atoms with Crippen molar-refractivity contribution in [2.75, 3.05) is 0 Å². The summed E-state index contributed by atoms with van der Waals surface area (Å²) in [6.45, 7) is 3.76. The first kappa shape index (κ1) is 13.0. The average Bonchev–Trinajstić information content (AvgIpc) is 2.72. The summed E-state index contributed by atoms with van der Waals surface area (Å²) in [7, 11) is 0. The molecule has 5 heteroatoms. The summed E-state index contributed by atoms with van der Waals surface area (Å²) in [4.78, 5) is 12.3. The smallest absolute Gasteiger partial charge is 0.264 e. The Morgan fingerprint density at radius 2 is 2.25 bits per heavy atom. The van der Waals surface area contributed by atoms with E-state index in [1.165, 1.54) is 11.3 Å². The number of rotatable bonds is 4. The SMILES string of the molecule is CCC(C#N)(CC)NC(=O)c1sccc1Cl. The normalized spacial score (nSPS) is 10.9. The van der Waals surface area contributed by atoms with Crippen molar-refractivity contribution < 1.29 is 4.79 Å². The van der Waals surface area contributed by atoms with Gasteiger partial charge in [0, 0.05) is 0 Å². The van der Waals surface area contributed by atoms with Crippen LogP contribution in [0.1, 0.15) is 36.4 Å². The quantitative estimate of drug-likeness (QED) is 0.899. The van der Waals surface area contributed by atoms with Gasteiger partial charge in [-0.1, -0.05) is 25.4 Å². The molecule has 0 bridgehead atoms. The maximum absolute atomic E-state index is 11.9. The van der Waals surface area contributed by atoms with Gasteiger partial charge in [-0.15, -0.1) is 11.3 Å². The van der Waals surface area contributed by atoms with Crippen LogP contribution in [0.5, 0.6) is 0 Å². The fourth-order valence-electron chi connectivity index (χ4n) is 1.34. The predicted octanol–water partition coefficient (Wildman–Crippen LogP) is 3.21. The van der Waals surface area contributed by atoms with E-state index in [2.05, 4.69) is 11.4 Å². The summed E-state index contributed by atoms with van der Waals surface area (Å²) >= 11 is 7.14. The Morgan fingerprint density at radius 3 is 2.62 bits per heavy atom. The van der Waals surface area contributed by atoms with Crippen LogP contribution in [0.4, 0.5) is 0 Å². The van der Waals surface area contributed by atoms with E-state index in [1.54, 1.807) is 11.4 Å². The van der Waals surface area contributed by atoms with Crippen molar-refractivity contribution in [3.05, 3.63) is 21.3 Å². The van der Waals surface area contributed by atoms with Crippen molar-refractivity contribution in [1.29, 1.82) is 5.26 Å². The maximum atomic E-state index is 11.9. The van der Waals surface area contributed by atoms with Crippen molar-refractivity contribution in [1.82, 2.24) is 5.32 Å². The molecule has 1 heterocycles. The highest BCUT2D eigenvalue weighted by molar-refractivity contribution is 7.12. The van der Waals surface area contributed by atoms with Gasteiger partial charge in [0.15, 0.2) is 0 Å². The molecular formula is C11H13ClN2OS. The zero-order valence-corrected chi connectivity index (χ0v) is 10.8. The number of carbonyl (C=O) groups excluding carboxylic acids is 1. The first-order chi connectivity index (χ1) is 7.58. The molecule has 1 aromatic rings. The molecule has 1 rings (SSSR count). The number of nitriles is 1. The molecule has 0 saturated heterocycles. The maximum Gasteiger partial charge on any atom is 0.264 e. The standard InChI is InChI=1S/C11H13ClN2OS/c1-3-11(4-2,7-13)14-10(15)9-8(12)5-6-16-9/h5-6H,3-4H2,1-2H3,(H,14,15). The highest BCUT2D eigenvalue weighted by atomic mass is 35.5. The second-order valence-corrected chi connectivity index (χ2v) is 4.78. The van der Waals surface area contributed by atoms with Crippen LogP contribution in [-0.4, -0.2) is 11.4 Å². The molecule has 1 N–H and O–H groups in total. The van der Waals surface area contributed by atoms with Crippen molar-refractivity contribution in [2.45, 2.75) is 32.2 Å². The lowest BCUT2D eigenvalue weighted by Gasteiger charge is -2.24. The molecule has 0 aliphatic rings. The van der Waals surface area contributed by atoms with Gasteiger partial charge < -0.3 is 5.32 Å². The van der Waals surface area contributed by atoms with E-state index in [9.17, 15) is 4.79 Å². The second-order valence-electron chi connectivity index (χ2n) is 3.45. The first-order valence-electron chi connectivity index (χ1n) is 5.05. The second kappa shape index (κ2) is 5.33. The first-order valence-corrected chi connectivity index (χ1v) is 6.31. The van der Waals surface area contributed by atoms with E-state index < -0.39 is 5.54 Å². The zero-order valence-electron chi connectivity index (χ0n) is 9.21. The molecule has 0 fully saturated rings. The van der Waals surface area contributed by atoms with E-state index in [0.717, 1.165) is 0 Å². The number of nitrogens with one attached hydrogen (secondary N) is 1. The van der Waals surface area contributed by atoms with Gasteiger partial charge in [0.25, 0.3) is 5.91 Å². The summed E-state index contributed by atoms with van der Waals surface area (Å²) in [6, 6.07) is 3.83. The van der Waals surface area contributed by atoms with Crippen molar-refractivity contribution >= 4 is 28.8 Å². The Balaban J connectivity index is 2.86. The number of hydrogen-bond acceptors (Lipinski definition) is 3. The molecule has 16 heavy (non-hydrogen) atoms. The van der Waals surface area contributed by atoms with E-state index in [0.29, 0.717) is 22.7 Å². The fourth-order valence-corrected chi connectivity index (χ4v) is 2.38. The van der Waals surface area contributed by atoms with Crippen LogP contribution in [0, 0.1) is 11.3 Å². The summed E-state index contributed by atoms with van der Waals surface area (Å²) in [5, 5.41) is 14.0. The van der Waals surface area contributed by atoms with Gasteiger partial charge in [-0.05, 0) is 24.3 Å². The lowest BCUT2D eigenvalue weighted by atomic mass is 9.95. The minimum absolute atomic E-state index is 0.273. The molecular weight excluding hydrogens is 244 g/mol. The number of nitrogens with zero attached hydrogens (tertiary/aromatic N) is 1. The topological polar surface area (TPSA) is 52.9 Å². The van der Waals surface area contributed by atoms with Gasteiger partial charge in [0.05, 0.1) is 11.1 Å². The van der Waals surface area contributed by atoms with Crippen molar-refractivity contribution in [3.8, 4) is 6.07 Å². The molecule has 0 aliphatic carbocycles. The van der Waals surface area contributed by atoms with Crippen molar-refractivity contribution in [3.63, 3.8) is 0 Å². The third-order valence-electron chi connectivity index (χ3n) is 2.60. The van der Waals surface area contributed by atoms with Gasteiger partial charge in [-0.2, -0.15) is 5.26 Å². The highest BCUT2D eigenvalue weighted by Crippen LogP contribution is 2.23. The predicted molar refractivity (Wildman–Crippen MR) is 65.7 cm³/mol. The van der Waals surface area contributed by atoms with Crippen LogP contribution in [0.2, 0.25) is 5.02 Å². The van der Waals surface area contributed by atoms with Crippen LogP contribution < -0.4 is 5.32 Å². The molecule has 0 unspecified atom stereocenters. The lowest BCUT2D eigenvalue weighted by Crippen LogP contribution is -2.46. The largest absolute Gasteiger partial charge is 0.333 e. The number of thiophene rings is 1.